The van der Waals surface area contributed by atoms with Crippen molar-refractivity contribution in [3.05, 3.63) is 131 Å². The fourth-order valence-electron chi connectivity index (χ4n) is 3.35. The molecule has 0 atom stereocenters. The van der Waals surface area contributed by atoms with Crippen molar-refractivity contribution in [2.45, 2.75) is 26.9 Å². The number of allylic oxidation sites excluding steroid dienone is 3. The van der Waals surface area contributed by atoms with Gasteiger partial charge >= 0.3 is 0 Å². The Kier molecular flexibility index (Phi) is 12.7. The van der Waals surface area contributed by atoms with Gasteiger partial charge in [0.1, 0.15) is 11.6 Å². The number of methoxy groups -OCH3 is 1. The molecule has 0 radical (unpaired) electrons. The van der Waals surface area contributed by atoms with Gasteiger partial charge in [0.05, 0.1) is 20.3 Å². The van der Waals surface area contributed by atoms with Gasteiger partial charge in [-0.25, -0.2) is 4.39 Å². The first-order valence-electron chi connectivity index (χ1n) is 12.0. The van der Waals surface area contributed by atoms with Crippen LogP contribution < -0.4 is 0 Å². The molecule has 36 heavy (non-hydrogen) atoms. The summed E-state index contributed by atoms with van der Waals surface area (Å²) in [6, 6.07) is 15.5. The lowest BCUT2D eigenvalue weighted by atomic mass is 10.1. The zero-order valence-electron chi connectivity index (χ0n) is 21.5. The molecule has 0 spiro atoms. The lowest BCUT2D eigenvalue weighted by Crippen LogP contribution is -2.34. The molecule has 2 aromatic rings. The summed E-state index contributed by atoms with van der Waals surface area (Å²) in [5, 5.41) is 0. The summed E-state index contributed by atoms with van der Waals surface area (Å²) in [5.74, 6) is 0.161. The van der Waals surface area contributed by atoms with Crippen molar-refractivity contribution in [3.8, 4) is 0 Å². The van der Waals surface area contributed by atoms with Crippen molar-refractivity contribution in [2.24, 2.45) is 0 Å². The van der Waals surface area contributed by atoms with Gasteiger partial charge in [-0.15, -0.1) is 0 Å². The van der Waals surface area contributed by atoms with Crippen LogP contribution in [0.1, 0.15) is 36.2 Å². The van der Waals surface area contributed by atoms with E-state index in [4.69, 9.17) is 9.47 Å². The molecule has 1 amide bonds. The molecule has 0 saturated carbocycles. The van der Waals surface area contributed by atoms with Gasteiger partial charge in [0.2, 0.25) is 0 Å². The van der Waals surface area contributed by atoms with E-state index < -0.39 is 0 Å². The SMILES string of the molecule is C=C(/C=C(\C=C/COCc1ccc(F)cc1)CN(CC(/C=C\CC)=C/C)C(=O)c1ccccc1)OC. The average molecular weight is 490 g/mol. The standard InChI is InChI=1S/C31H36FNO3/c1-5-7-12-26(6-2)22-33(31(34)29-14-9-8-10-15-29)23-28(21-25(3)35-4)13-11-20-36-24-27-16-18-30(32)19-17-27/h6-19,21H,3,5,20,22-24H2,1-2,4H3/b12-7-,13-11-,26-6+,28-21+. The van der Waals surface area contributed by atoms with E-state index >= 15 is 0 Å². The number of carbonyl (C=O) groups excluding carboxylic acids is 1. The third kappa shape index (κ3) is 10.3. The van der Waals surface area contributed by atoms with Gasteiger partial charge in [-0.1, -0.05) is 74.2 Å². The van der Waals surface area contributed by atoms with Gasteiger partial charge in [0.15, 0.2) is 0 Å². The Morgan fingerprint density at radius 3 is 2.31 bits per heavy atom. The third-order valence-electron chi connectivity index (χ3n) is 5.33. The Morgan fingerprint density at radius 2 is 1.67 bits per heavy atom. The van der Waals surface area contributed by atoms with Crippen molar-refractivity contribution >= 4 is 5.91 Å². The third-order valence-corrected chi connectivity index (χ3v) is 5.33. The van der Waals surface area contributed by atoms with Crippen LogP contribution in [0.25, 0.3) is 0 Å². The highest BCUT2D eigenvalue weighted by Gasteiger charge is 2.17. The normalized spacial score (nSPS) is 12.3. The average Bonchev–Trinajstić information content (AvgIpc) is 2.91. The number of halogens is 1. The molecule has 0 aromatic heterocycles. The van der Waals surface area contributed by atoms with Gasteiger partial charge in [0, 0.05) is 18.7 Å². The first-order chi connectivity index (χ1) is 17.5. The predicted molar refractivity (Wildman–Crippen MR) is 145 cm³/mol. The number of hydrogen-bond donors (Lipinski definition) is 0. The molecule has 0 fully saturated rings. The molecule has 0 N–H and O–H groups in total. The summed E-state index contributed by atoms with van der Waals surface area (Å²) < 4.78 is 24.0. The van der Waals surface area contributed by atoms with E-state index in [0.29, 0.717) is 37.6 Å². The highest BCUT2D eigenvalue weighted by atomic mass is 19.1. The first-order valence-corrected chi connectivity index (χ1v) is 12.0. The van der Waals surface area contributed by atoms with Crippen LogP contribution in [-0.4, -0.2) is 37.6 Å². The summed E-state index contributed by atoms with van der Waals surface area (Å²) in [4.78, 5) is 15.2. The second kappa shape index (κ2) is 16.1. The number of carbonyl (C=O) groups is 1. The van der Waals surface area contributed by atoms with Crippen LogP contribution in [0.3, 0.4) is 0 Å². The summed E-state index contributed by atoms with van der Waals surface area (Å²) in [7, 11) is 1.56. The van der Waals surface area contributed by atoms with Gasteiger partial charge in [-0.2, -0.15) is 0 Å². The van der Waals surface area contributed by atoms with Gasteiger partial charge < -0.3 is 14.4 Å². The fraction of sp³-hybridized carbons (Fsp3) is 0.258. The van der Waals surface area contributed by atoms with Gasteiger partial charge in [0.25, 0.3) is 5.91 Å². The Morgan fingerprint density at radius 1 is 1.00 bits per heavy atom. The van der Waals surface area contributed by atoms with Crippen molar-refractivity contribution in [1.29, 1.82) is 0 Å². The number of rotatable bonds is 14. The summed E-state index contributed by atoms with van der Waals surface area (Å²) >= 11 is 0. The van der Waals surface area contributed by atoms with E-state index in [1.165, 1.54) is 12.1 Å². The second-order valence-electron chi connectivity index (χ2n) is 8.14. The zero-order valence-corrected chi connectivity index (χ0v) is 21.5. The monoisotopic (exact) mass is 489 g/mol. The molecule has 0 saturated heterocycles. The van der Waals surface area contributed by atoms with Gasteiger partial charge in [-0.3, -0.25) is 4.79 Å². The number of amides is 1. The molecule has 0 bridgehead atoms. The maximum absolute atomic E-state index is 13.4. The minimum absolute atomic E-state index is 0.0604. The Labute approximate surface area is 214 Å². The quantitative estimate of drug-likeness (QED) is 0.162. The van der Waals surface area contributed by atoms with Crippen LogP contribution in [0.4, 0.5) is 4.39 Å². The smallest absolute Gasteiger partial charge is 0.254 e. The Bertz CT molecular complexity index is 1080. The first kappa shape index (κ1) is 28.5. The van der Waals surface area contributed by atoms with Crippen molar-refractivity contribution in [1.82, 2.24) is 4.90 Å². The van der Waals surface area contributed by atoms with Crippen molar-refractivity contribution < 1.29 is 18.7 Å². The molecule has 0 heterocycles. The van der Waals surface area contributed by atoms with E-state index in [2.05, 4.69) is 25.7 Å². The highest BCUT2D eigenvalue weighted by Crippen LogP contribution is 2.14. The molecule has 0 unspecified atom stereocenters. The van der Waals surface area contributed by atoms with Crippen molar-refractivity contribution in [3.63, 3.8) is 0 Å². The van der Waals surface area contributed by atoms with Crippen LogP contribution in [-0.2, 0) is 16.1 Å². The topological polar surface area (TPSA) is 38.8 Å². The number of benzene rings is 2. The van der Waals surface area contributed by atoms with E-state index in [9.17, 15) is 9.18 Å². The van der Waals surface area contributed by atoms with Crippen LogP contribution >= 0.6 is 0 Å². The predicted octanol–water partition coefficient (Wildman–Crippen LogP) is 7.04. The minimum atomic E-state index is -0.271. The van der Waals surface area contributed by atoms with E-state index in [1.54, 1.807) is 19.2 Å². The summed E-state index contributed by atoms with van der Waals surface area (Å²) in [5.41, 5.74) is 3.43. The molecule has 190 valence electrons. The Balaban J connectivity index is 2.18. The zero-order chi connectivity index (χ0) is 26.2. The Hall–Kier alpha value is -3.70. The van der Waals surface area contributed by atoms with E-state index in [-0.39, 0.29) is 11.7 Å². The van der Waals surface area contributed by atoms with Crippen LogP contribution in [0.2, 0.25) is 0 Å². The molecule has 4 nitrogen and oxygen atoms in total. The minimum Gasteiger partial charge on any atom is -0.497 e. The van der Waals surface area contributed by atoms with Crippen LogP contribution in [0.5, 0.6) is 0 Å². The summed E-state index contributed by atoms with van der Waals surface area (Å²) in [6.45, 7) is 9.53. The maximum atomic E-state index is 13.4. The highest BCUT2D eigenvalue weighted by molar-refractivity contribution is 5.94. The number of nitrogens with zero attached hydrogens (tertiary/aromatic N) is 1. The molecule has 0 aliphatic carbocycles. The molecule has 2 aromatic carbocycles. The number of ether oxygens (including phenoxy) is 2. The number of hydrogen-bond acceptors (Lipinski definition) is 3. The largest absolute Gasteiger partial charge is 0.497 e. The lowest BCUT2D eigenvalue weighted by molar-refractivity contribution is 0.0785. The molecule has 5 heteroatoms. The van der Waals surface area contributed by atoms with Crippen LogP contribution in [0.15, 0.2) is 115 Å². The van der Waals surface area contributed by atoms with Crippen molar-refractivity contribution in [2.75, 3.05) is 26.8 Å². The molecule has 0 aliphatic rings. The molecular formula is C31H36FNO3. The van der Waals surface area contributed by atoms with E-state index in [1.807, 2.05) is 66.5 Å². The lowest BCUT2D eigenvalue weighted by Gasteiger charge is -2.24. The maximum Gasteiger partial charge on any atom is 0.254 e. The molecule has 0 aliphatic heterocycles. The van der Waals surface area contributed by atoms with Gasteiger partial charge in [-0.05, 0) is 60.4 Å². The van der Waals surface area contributed by atoms with Crippen LogP contribution in [0, 0.1) is 5.82 Å². The molecule has 2 rings (SSSR count). The van der Waals surface area contributed by atoms with E-state index in [0.717, 1.165) is 23.1 Å². The fourth-order valence-corrected chi connectivity index (χ4v) is 3.35. The summed E-state index contributed by atoms with van der Waals surface area (Å²) in [6.07, 6.45) is 12.7. The molecular weight excluding hydrogens is 453 g/mol. The second-order valence-corrected chi connectivity index (χ2v) is 8.14.